The van der Waals surface area contributed by atoms with Crippen molar-refractivity contribution in [3.8, 4) is 0 Å². The van der Waals surface area contributed by atoms with Crippen LogP contribution < -0.4 is 5.32 Å². The highest BCUT2D eigenvalue weighted by molar-refractivity contribution is 5.49. The van der Waals surface area contributed by atoms with E-state index in [0.717, 1.165) is 13.1 Å². The van der Waals surface area contributed by atoms with E-state index in [1.165, 1.54) is 12.1 Å². The quantitative estimate of drug-likeness (QED) is 0.895. The lowest BCUT2D eigenvalue weighted by atomic mass is 10.2. The third-order valence-corrected chi connectivity index (χ3v) is 3.13. The molecule has 0 radical (unpaired) electrons. The van der Waals surface area contributed by atoms with Gasteiger partial charge < -0.3 is 15.0 Å². The van der Waals surface area contributed by atoms with Crippen LogP contribution in [0.25, 0.3) is 0 Å². The van der Waals surface area contributed by atoms with E-state index in [-0.39, 0.29) is 11.8 Å². The fourth-order valence-electron chi connectivity index (χ4n) is 2.02. The zero-order valence-corrected chi connectivity index (χ0v) is 10.7. The molecule has 2 rings (SSSR count). The molecule has 5 heteroatoms. The van der Waals surface area contributed by atoms with Crippen molar-refractivity contribution in [2.75, 3.05) is 38.6 Å². The van der Waals surface area contributed by atoms with Crippen LogP contribution in [0, 0.1) is 18.6 Å². The molecule has 18 heavy (non-hydrogen) atoms. The Hall–Kier alpha value is -1.20. The summed E-state index contributed by atoms with van der Waals surface area (Å²) < 4.78 is 32.8. The van der Waals surface area contributed by atoms with Gasteiger partial charge >= 0.3 is 0 Å². The van der Waals surface area contributed by atoms with Gasteiger partial charge in [-0.25, -0.2) is 8.78 Å². The van der Waals surface area contributed by atoms with Crippen molar-refractivity contribution >= 4 is 5.69 Å². The molecule has 1 aromatic carbocycles. The van der Waals surface area contributed by atoms with E-state index in [9.17, 15) is 8.78 Å². The van der Waals surface area contributed by atoms with Crippen molar-refractivity contribution in [3.05, 3.63) is 29.3 Å². The number of anilines is 1. The summed E-state index contributed by atoms with van der Waals surface area (Å²) in [6, 6.07) is 2.70. The number of benzene rings is 1. The third kappa shape index (κ3) is 2.97. The van der Waals surface area contributed by atoms with Crippen molar-refractivity contribution in [2.24, 2.45) is 0 Å². The molecule has 1 atom stereocenters. The minimum Gasteiger partial charge on any atom is -0.378 e. The van der Waals surface area contributed by atoms with E-state index in [1.54, 1.807) is 6.92 Å². The monoisotopic (exact) mass is 256 g/mol. The van der Waals surface area contributed by atoms with Crippen LogP contribution >= 0.6 is 0 Å². The maximum absolute atomic E-state index is 13.7. The Balaban J connectivity index is 1.99. The summed E-state index contributed by atoms with van der Waals surface area (Å²) in [7, 11) is 2.00. The summed E-state index contributed by atoms with van der Waals surface area (Å²) >= 11 is 0. The van der Waals surface area contributed by atoms with E-state index >= 15 is 0 Å². The molecule has 1 heterocycles. The standard InChI is InChI=1S/C13H18F2N2O/c1-9-3-4-11(14)13(12(9)15)16-7-10-8-17(2)5-6-18-10/h3-4,10,16H,5-8H2,1-2H3. The van der Waals surface area contributed by atoms with E-state index in [1.807, 2.05) is 7.05 Å². The minimum atomic E-state index is -0.567. The summed E-state index contributed by atoms with van der Waals surface area (Å²) in [6.07, 6.45) is -0.0388. The van der Waals surface area contributed by atoms with Gasteiger partial charge in [0.05, 0.1) is 12.7 Å². The van der Waals surface area contributed by atoms with Crippen molar-refractivity contribution in [2.45, 2.75) is 13.0 Å². The molecule has 0 aliphatic carbocycles. The smallest absolute Gasteiger partial charge is 0.152 e. The predicted molar refractivity (Wildman–Crippen MR) is 66.8 cm³/mol. The van der Waals surface area contributed by atoms with Crippen LogP contribution in [0.3, 0.4) is 0 Å². The van der Waals surface area contributed by atoms with Gasteiger partial charge in [-0.15, -0.1) is 0 Å². The first-order valence-corrected chi connectivity index (χ1v) is 6.06. The lowest BCUT2D eigenvalue weighted by Crippen LogP contribution is -2.43. The first-order chi connectivity index (χ1) is 8.58. The van der Waals surface area contributed by atoms with Crippen LogP contribution in [0.5, 0.6) is 0 Å². The zero-order valence-electron chi connectivity index (χ0n) is 10.7. The molecule has 1 aliphatic rings. The van der Waals surface area contributed by atoms with Crippen LogP contribution in [0.15, 0.2) is 12.1 Å². The Kier molecular flexibility index (Phi) is 4.14. The van der Waals surface area contributed by atoms with Crippen molar-refractivity contribution in [1.82, 2.24) is 4.90 Å². The zero-order chi connectivity index (χ0) is 13.1. The van der Waals surface area contributed by atoms with Gasteiger partial charge in [0.1, 0.15) is 11.5 Å². The molecule has 100 valence electrons. The number of ether oxygens (including phenoxy) is 1. The summed E-state index contributed by atoms with van der Waals surface area (Å²) in [6.45, 7) is 4.33. The number of likely N-dealkylation sites (N-methyl/N-ethyl adjacent to an activating group) is 1. The molecular weight excluding hydrogens is 238 g/mol. The molecule has 3 nitrogen and oxygen atoms in total. The van der Waals surface area contributed by atoms with Crippen molar-refractivity contribution in [1.29, 1.82) is 0 Å². The van der Waals surface area contributed by atoms with Gasteiger partial charge in [0.2, 0.25) is 0 Å². The van der Waals surface area contributed by atoms with Gasteiger partial charge in [0.25, 0.3) is 0 Å². The maximum Gasteiger partial charge on any atom is 0.152 e. The van der Waals surface area contributed by atoms with Crippen molar-refractivity contribution in [3.63, 3.8) is 0 Å². The fraction of sp³-hybridized carbons (Fsp3) is 0.538. The minimum absolute atomic E-state index is 0.0388. The molecule has 1 aliphatic heterocycles. The molecule has 0 bridgehead atoms. The molecule has 0 saturated carbocycles. The Bertz CT molecular complexity index is 426. The topological polar surface area (TPSA) is 24.5 Å². The maximum atomic E-state index is 13.7. The van der Waals surface area contributed by atoms with E-state index < -0.39 is 11.6 Å². The molecule has 0 spiro atoms. The largest absolute Gasteiger partial charge is 0.378 e. The Labute approximate surface area is 106 Å². The first kappa shape index (κ1) is 13.2. The normalized spacial score (nSPS) is 21.0. The number of nitrogens with zero attached hydrogens (tertiary/aromatic N) is 1. The Morgan fingerprint density at radius 2 is 2.22 bits per heavy atom. The highest BCUT2D eigenvalue weighted by Gasteiger charge is 2.19. The van der Waals surface area contributed by atoms with Crippen LogP contribution in [-0.4, -0.2) is 44.3 Å². The molecule has 1 unspecified atom stereocenters. The predicted octanol–water partition coefficient (Wildman–Crippen LogP) is 2.02. The average molecular weight is 256 g/mol. The average Bonchev–Trinajstić information content (AvgIpc) is 2.34. The first-order valence-electron chi connectivity index (χ1n) is 6.06. The van der Waals surface area contributed by atoms with Gasteiger partial charge in [-0.3, -0.25) is 0 Å². The summed E-state index contributed by atoms with van der Waals surface area (Å²) in [5, 5.41) is 2.81. The number of rotatable bonds is 3. The van der Waals surface area contributed by atoms with Crippen LogP contribution in [-0.2, 0) is 4.74 Å². The Morgan fingerprint density at radius 1 is 1.44 bits per heavy atom. The number of halogens is 2. The second kappa shape index (κ2) is 5.63. The van der Waals surface area contributed by atoms with Crippen LogP contribution in [0.4, 0.5) is 14.5 Å². The highest BCUT2D eigenvalue weighted by Crippen LogP contribution is 2.21. The number of aryl methyl sites for hydroxylation is 1. The molecule has 0 aromatic heterocycles. The van der Waals surface area contributed by atoms with Crippen LogP contribution in [0.1, 0.15) is 5.56 Å². The van der Waals surface area contributed by atoms with Gasteiger partial charge in [-0.2, -0.15) is 0 Å². The van der Waals surface area contributed by atoms with Gasteiger partial charge in [-0.1, -0.05) is 6.07 Å². The number of hydrogen-bond acceptors (Lipinski definition) is 3. The number of morpholine rings is 1. The van der Waals surface area contributed by atoms with Crippen molar-refractivity contribution < 1.29 is 13.5 Å². The SMILES string of the molecule is Cc1ccc(F)c(NCC2CN(C)CCO2)c1F. The number of hydrogen-bond donors (Lipinski definition) is 1. The molecular formula is C13H18F2N2O. The molecule has 1 aromatic rings. The van der Waals surface area contributed by atoms with Gasteiger partial charge in [-0.05, 0) is 25.6 Å². The van der Waals surface area contributed by atoms with Gasteiger partial charge in [0.15, 0.2) is 5.82 Å². The number of nitrogens with one attached hydrogen (secondary N) is 1. The summed E-state index contributed by atoms with van der Waals surface area (Å²) in [4.78, 5) is 2.14. The molecule has 1 saturated heterocycles. The summed E-state index contributed by atoms with van der Waals surface area (Å²) in [5.41, 5.74) is 0.368. The Morgan fingerprint density at radius 3 is 2.94 bits per heavy atom. The molecule has 0 amide bonds. The molecule has 1 N–H and O–H groups in total. The summed E-state index contributed by atoms with van der Waals surface area (Å²) in [5.74, 6) is -1.10. The lowest BCUT2D eigenvalue weighted by Gasteiger charge is -2.30. The third-order valence-electron chi connectivity index (χ3n) is 3.13. The second-order valence-corrected chi connectivity index (χ2v) is 4.69. The van der Waals surface area contributed by atoms with E-state index in [0.29, 0.717) is 18.7 Å². The molecule has 1 fully saturated rings. The fourth-order valence-corrected chi connectivity index (χ4v) is 2.02. The second-order valence-electron chi connectivity index (χ2n) is 4.69. The lowest BCUT2D eigenvalue weighted by molar-refractivity contribution is -0.0117. The highest BCUT2D eigenvalue weighted by atomic mass is 19.1. The van der Waals surface area contributed by atoms with Crippen LogP contribution in [0.2, 0.25) is 0 Å². The van der Waals surface area contributed by atoms with E-state index in [4.69, 9.17) is 4.74 Å². The van der Waals surface area contributed by atoms with Gasteiger partial charge in [0, 0.05) is 19.6 Å². The van der Waals surface area contributed by atoms with E-state index in [2.05, 4.69) is 10.2 Å².